The largest absolute Gasteiger partial charge is 0.0845 e. The van der Waals surface area contributed by atoms with E-state index in [9.17, 15) is 0 Å². The van der Waals surface area contributed by atoms with Crippen LogP contribution in [0.5, 0.6) is 0 Å². The molecule has 1 radical (unpaired) electrons. The molecule has 19 heavy (non-hydrogen) atoms. The summed E-state index contributed by atoms with van der Waals surface area (Å²) in [6, 6.07) is 9.26. The molecule has 1 aromatic rings. The summed E-state index contributed by atoms with van der Waals surface area (Å²) in [6.07, 6.45) is 14.5. The minimum atomic E-state index is 1.06. The van der Waals surface area contributed by atoms with Gasteiger partial charge in [-0.05, 0) is 49.7 Å². The second kappa shape index (κ2) is 10.8. The van der Waals surface area contributed by atoms with E-state index in [1.165, 1.54) is 68.9 Å². The minimum Gasteiger partial charge on any atom is -0.0845 e. The van der Waals surface area contributed by atoms with Crippen LogP contribution in [0.3, 0.4) is 0 Å². The standard InChI is InChI=1S/C19H29/c1-3-5-7-8-9-11-13-19-16-14-18(15-17-19)12-10-6-4-2/h1,3,14-17H,4-13H2,2H3. The van der Waals surface area contributed by atoms with Crippen LogP contribution in [0.1, 0.15) is 69.4 Å². The van der Waals surface area contributed by atoms with Gasteiger partial charge in [0.15, 0.2) is 0 Å². The Morgan fingerprint density at radius 1 is 0.789 bits per heavy atom. The van der Waals surface area contributed by atoms with Gasteiger partial charge in [0.1, 0.15) is 0 Å². The van der Waals surface area contributed by atoms with Gasteiger partial charge in [-0.1, -0.05) is 69.5 Å². The Kier molecular flexibility index (Phi) is 9.14. The third-order valence-electron chi connectivity index (χ3n) is 3.68. The van der Waals surface area contributed by atoms with Crippen LogP contribution in [0.15, 0.2) is 30.3 Å². The third kappa shape index (κ3) is 7.87. The summed E-state index contributed by atoms with van der Waals surface area (Å²) in [5, 5.41) is 0. The predicted molar refractivity (Wildman–Crippen MR) is 85.3 cm³/mol. The Hall–Kier alpha value is -1.04. The molecule has 0 bridgehead atoms. The predicted octanol–water partition coefficient (Wildman–Crippen LogP) is 5.90. The zero-order chi connectivity index (χ0) is 13.8. The van der Waals surface area contributed by atoms with Gasteiger partial charge in [0.2, 0.25) is 0 Å². The van der Waals surface area contributed by atoms with Crippen LogP contribution >= 0.6 is 0 Å². The van der Waals surface area contributed by atoms with Crippen molar-refractivity contribution >= 4 is 0 Å². The average molecular weight is 257 g/mol. The number of hydrogen-bond donors (Lipinski definition) is 0. The van der Waals surface area contributed by atoms with Gasteiger partial charge in [-0.2, -0.15) is 0 Å². The van der Waals surface area contributed by atoms with Crippen LogP contribution in [-0.4, -0.2) is 0 Å². The van der Waals surface area contributed by atoms with Crippen LogP contribution in [0.4, 0.5) is 0 Å². The molecule has 0 aliphatic carbocycles. The van der Waals surface area contributed by atoms with Crippen molar-refractivity contribution in [3.8, 4) is 0 Å². The molecule has 1 aromatic carbocycles. The molecular formula is C19H29. The van der Waals surface area contributed by atoms with Crippen LogP contribution in [-0.2, 0) is 12.8 Å². The zero-order valence-corrected chi connectivity index (χ0v) is 12.5. The van der Waals surface area contributed by atoms with Crippen LogP contribution < -0.4 is 0 Å². The van der Waals surface area contributed by atoms with E-state index in [2.05, 4.69) is 31.2 Å². The van der Waals surface area contributed by atoms with Crippen molar-refractivity contribution in [2.75, 3.05) is 0 Å². The Labute approximate surface area is 119 Å². The molecule has 0 fully saturated rings. The topological polar surface area (TPSA) is 0 Å². The SMILES string of the molecule is [CH]=CCCCCCCc1ccc(CCCCC)cc1. The fraction of sp³-hybridized carbons (Fsp3) is 0.579. The van der Waals surface area contributed by atoms with Crippen molar-refractivity contribution < 1.29 is 0 Å². The molecule has 105 valence electrons. The molecule has 0 saturated carbocycles. The monoisotopic (exact) mass is 257 g/mol. The Morgan fingerprint density at radius 2 is 1.32 bits per heavy atom. The average Bonchev–Trinajstić information content (AvgIpc) is 2.44. The van der Waals surface area contributed by atoms with Crippen molar-refractivity contribution in [1.82, 2.24) is 0 Å². The lowest BCUT2D eigenvalue weighted by Gasteiger charge is -2.04. The fourth-order valence-corrected chi connectivity index (χ4v) is 2.40. The molecule has 0 spiro atoms. The van der Waals surface area contributed by atoms with Gasteiger partial charge in [0.25, 0.3) is 0 Å². The minimum absolute atomic E-state index is 1.06. The first kappa shape index (κ1) is 16.0. The summed E-state index contributed by atoms with van der Waals surface area (Å²) in [5.41, 5.74) is 2.99. The first-order valence-electron chi connectivity index (χ1n) is 7.98. The van der Waals surface area contributed by atoms with E-state index >= 15 is 0 Å². The molecule has 0 saturated heterocycles. The van der Waals surface area contributed by atoms with Crippen molar-refractivity contribution in [3.05, 3.63) is 48.0 Å². The normalized spacial score (nSPS) is 10.6. The van der Waals surface area contributed by atoms with Gasteiger partial charge in [-0.25, -0.2) is 0 Å². The van der Waals surface area contributed by atoms with E-state index in [4.69, 9.17) is 6.58 Å². The molecule has 0 aromatic heterocycles. The third-order valence-corrected chi connectivity index (χ3v) is 3.68. The molecule has 0 unspecified atom stereocenters. The van der Waals surface area contributed by atoms with Crippen LogP contribution in [0.2, 0.25) is 0 Å². The van der Waals surface area contributed by atoms with Crippen molar-refractivity contribution in [2.45, 2.75) is 71.1 Å². The molecule has 0 aliphatic rings. The number of hydrogen-bond acceptors (Lipinski definition) is 0. The highest BCUT2D eigenvalue weighted by Gasteiger charge is 1.96. The highest BCUT2D eigenvalue weighted by molar-refractivity contribution is 5.22. The van der Waals surface area contributed by atoms with Gasteiger partial charge in [-0.3, -0.25) is 0 Å². The van der Waals surface area contributed by atoms with E-state index < -0.39 is 0 Å². The molecule has 0 atom stereocenters. The van der Waals surface area contributed by atoms with Gasteiger partial charge >= 0.3 is 0 Å². The van der Waals surface area contributed by atoms with Gasteiger partial charge in [0, 0.05) is 0 Å². The van der Waals surface area contributed by atoms with Gasteiger partial charge in [-0.15, -0.1) is 0 Å². The van der Waals surface area contributed by atoms with Crippen molar-refractivity contribution in [2.24, 2.45) is 0 Å². The highest BCUT2D eigenvalue weighted by atomic mass is 14.0. The molecule has 0 amide bonds. The second-order valence-electron chi connectivity index (χ2n) is 5.46. The molecule has 0 aliphatic heterocycles. The first-order valence-corrected chi connectivity index (χ1v) is 7.98. The number of allylic oxidation sites excluding steroid dienone is 1. The van der Waals surface area contributed by atoms with Crippen molar-refractivity contribution in [1.29, 1.82) is 0 Å². The number of unbranched alkanes of at least 4 members (excludes halogenated alkanes) is 6. The van der Waals surface area contributed by atoms with E-state index in [1.54, 1.807) is 6.08 Å². The lowest BCUT2D eigenvalue weighted by Crippen LogP contribution is -1.89. The number of rotatable bonds is 11. The molecule has 1 rings (SSSR count). The fourth-order valence-electron chi connectivity index (χ4n) is 2.40. The highest BCUT2D eigenvalue weighted by Crippen LogP contribution is 2.12. The lowest BCUT2D eigenvalue weighted by molar-refractivity contribution is 0.646. The van der Waals surface area contributed by atoms with Crippen molar-refractivity contribution in [3.63, 3.8) is 0 Å². The lowest BCUT2D eigenvalue weighted by atomic mass is 10.0. The second-order valence-corrected chi connectivity index (χ2v) is 5.46. The molecule has 0 N–H and O–H groups in total. The Balaban J connectivity index is 2.15. The van der Waals surface area contributed by atoms with Gasteiger partial charge in [0.05, 0.1) is 0 Å². The van der Waals surface area contributed by atoms with Gasteiger partial charge < -0.3 is 0 Å². The number of benzene rings is 1. The molecule has 0 heteroatoms. The van der Waals surface area contributed by atoms with E-state index in [0.717, 1.165) is 6.42 Å². The molecular weight excluding hydrogens is 228 g/mol. The zero-order valence-electron chi connectivity index (χ0n) is 12.5. The summed E-state index contributed by atoms with van der Waals surface area (Å²) in [4.78, 5) is 0. The summed E-state index contributed by atoms with van der Waals surface area (Å²) in [6.45, 7) is 7.63. The summed E-state index contributed by atoms with van der Waals surface area (Å²) >= 11 is 0. The Morgan fingerprint density at radius 3 is 1.84 bits per heavy atom. The maximum Gasteiger partial charge on any atom is -0.0279 e. The maximum atomic E-state index is 5.37. The van der Waals surface area contributed by atoms with E-state index in [0.29, 0.717) is 0 Å². The summed E-state index contributed by atoms with van der Waals surface area (Å²) in [7, 11) is 0. The summed E-state index contributed by atoms with van der Waals surface area (Å²) in [5.74, 6) is 0. The maximum absolute atomic E-state index is 5.37. The van der Waals surface area contributed by atoms with Crippen LogP contribution in [0, 0.1) is 6.58 Å². The van der Waals surface area contributed by atoms with E-state index in [-0.39, 0.29) is 0 Å². The van der Waals surface area contributed by atoms with Crippen LogP contribution in [0.25, 0.3) is 0 Å². The molecule has 0 heterocycles. The number of aryl methyl sites for hydroxylation is 2. The quantitative estimate of drug-likeness (QED) is 0.433. The molecule has 0 nitrogen and oxygen atoms in total. The Bertz CT molecular complexity index is 320. The smallest absolute Gasteiger partial charge is 0.0279 e. The van der Waals surface area contributed by atoms with E-state index in [1.807, 2.05) is 0 Å². The summed E-state index contributed by atoms with van der Waals surface area (Å²) < 4.78 is 0. The first-order chi connectivity index (χ1) is 9.36.